The van der Waals surface area contributed by atoms with E-state index in [1.54, 1.807) is 6.33 Å². The van der Waals surface area contributed by atoms with Crippen LogP contribution in [0.1, 0.15) is 12.5 Å². The predicted molar refractivity (Wildman–Crippen MR) is 118 cm³/mol. The Hall–Kier alpha value is -3.06. The zero-order chi connectivity index (χ0) is 19.6. The molecule has 1 aromatic heterocycles. The Labute approximate surface area is 170 Å². The predicted octanol–water partition coefficient (Wildman–Crippen LogP) is 3.29. The van der Waals surface area contributed by atoms with E-state index in [0.29, 0.717) is 0 Å². The van der Waals surface area contributed by atoms with Gasteiger partial charge < -0.3 is 25.2 Å². The zero-order valence-corrected chi connectivity index (χ0v) is 16.7. The lowest BCUT2D eigenvalue weighted by Crippen LogP contribution is -2.36. The Bertz CT molecular complexity index is 1020. The minimum Gasteiger partial charge on any atom is -0.378 e. The number of rotatable bonds is 5. The molecule has 0 atom stereocenters. The third kappa shape index (κ3) is 3.53. The van der Waals surface area contributed by atoms with E-state index in [4.69, 9.17) is 4.74 Å². The van der Waals surface area contributed by atoms with Crippen molar-refractivity contribution in [2.24, 2.45) is 0 Å². The standard InChI is InChI=1S/C22H26N6O/c1-2-27-15-26-20-11-18-19(12-21(20)27)24-14-25-22(18)23-13-16-4-3-5-17(10-16)28-6-8-29-9-7-28/h3-5,10-12,14,26H,2,6-9,13,15H2,1H3,(H,23,24,25). The summed E-state index contributed by atoms with van der Waals surface area (Å²) < 4.78 is 5.47. The van der Waals surface area contributed by atoms with Crippen LogP contribution >= 0.6 is 0 Å². The van der Waals surface area contributed by atoms with E-state index in [1.807, 2.05) is 0 Å². The fourth-order valence-corrected chi connectivity index (χ4v) is 4.05. The molecule has 0 aliphatic carbocycles. The monoisotopic (exact) mass is 390 g/mol. The van der Waals surface area contributed by atoms with Crippen molar-refractivity contribution in [3.8, 4) is 0 Å². The summed E-state index contributed by atoms with van der Waals surface area (Å²) in [6, 6.07) is 13.0. The molecule has 7 heteroatoms. The van der Waals surface area contributed by atoms with Crippen molar-refractivity contribution >= 4 is 33.8 Å². The molecule has 0 bridgehead atoms. The maximum absolute atomic E-state index is 5.47. The van der Waals surface area contributed by atoms with E-state index in [9.17, 15) is 0 Å². The van der Waals surface area contributed by atoms with Crippen LogP contribution in [0, 0.1) is 0 Å². The van der Waals surface area contributed by atoms with Crippen molar-refractivity contribution in [2.75, 3.05) is 60.0 Å². The Morgan fingerprint density at radius 1 is 1.14 bits per heavy atom. The molecule has 1 saturated heterocycles. The molecule has 2 aliphatic heterocycles. The van der Waals surface area contributed by atoms with E-state index in [-0.39, 0.29) is 0 Å². The smallest absolute Gasteiger partial charge is 0.137 e. The molecule has 5 rings (SSSR count). The number of anilines is 4. The van der Waals surface area contributed by atoms with Gasteiger partial charge in [-0.3, -0.25) is 0 Å². The average Bonchev–Trinajstić information content (AvgIpc) is 3.19. The van der Waals surface area contributed by atoms with Gasteiger partial charge in [0.2, 0.25) is 0 Å². The van der Waals surface area contributed by atoms with E-state index < -0.39 is 0 Å². The van der Waals surface area contributed by atoms with Gasteiger partial charge in [0.25, 0.3) is 0 Å². The number of nitrogens with zero attached hydrogens (tertiary/aromatic N) is 4. The number of hydrogen-bond donors (Lipinski definition) is 2. The lowest BCUT2D eigenvalue weighted by atomic mass is 10.1. The molecule has 2 N–H and O–H groups in total. The van der Waals surface area contributed by atoms with Crippen LogP contribution in [0.3, 0.4) is 0 Å². The van der Waals surface area contributed by atoms with Crippen molar-refractivity contribution in [1.82, 2.24) is 9.97 Å². The van der Waals surface area contributed by atoms with Gasteiger partial charge in [-0.15, -0.1) is 0 Å². The Balaban J connectivity index is 1.37. The molecule has 1 fully saturated rings. The third-order valence-electron chi connectivity index (χ3n) is 5.68. The summed E-state index contributed by atoms with van der Waals surface area (Å²) in [6.45, 7) is 8.18. The van der Waals surface area contributed by atoms with Crippen LogP contribution in [0.2, 0.25) is 0 Å². The van der Waals surface area contributed by atoms with Crippen LogP contribution in [-0.2, 0) is 11.3 Å². The van der Waals surface area contributed by atoms with Gasteiger partial charge in [-0.2, -0.15) is 0 Å². The summed E-state index contributed by atoms with van der Waals surface area (Å²) >= 11 is 0. The van der Waals surface area contributed by atoms with Gasteiger partial charge in [-0.25, -0.2) is 9.97 Å². The largest absolute Gasteiger partial charge is 0.378 e. The molecular weight excluding hydrogens is 364 g/mol. The maximum atomic E-state index is 5.47. The first-order chi connectivity index (χ1) is 14.3. The topological polar surface area (TPSA) is 65.5 Å². The number of aromatic nitrogens is 2. The van der Waals surface area contributed by atoms with Crippen molar-refractivity contribution in [3.05, 3.63) is 48.3 Å². The molecule has 0 unspecified atom stereocenters. The van der Waals surface area contributed by atoms with Crippen molar-refractivity contribution in [2.45, 2.75) is 13.5 Å². The highest BCUT2D eigenvalue weighted by atomic mass is 16.5. The second-order valence-corrected chi connectivity index (χ2v) is 7.42. The van der Waals surface area contributed by atoms with Gasteiger partial charge >= 0.3 is 0 Å². The van der Waals surface area contributed by atoms with Gasteiger partial charge in [0.05, 0.1) is 36.8 Å². The van der Waals surface area contributed by atoms with Crippen LogP contribution in [0.25, 0.3) is 10.9 Å². The van der Waals surface area contributed by atoms with Gasteiger partial charge in [-0.1, -0.05) is 12.1 Å². The molecule has 29 heavy (non-hydrogen) atoms. The molecule has 0 saturated carbocycles. The molecule has 2 aromatic carbocycles. The van der Waals surface area contributed by atoms with Gasteiger partial charge in [0, 0.05) is 37.3 Å². The van der Waals surface area contributed by atoms with Gasteiger partial charge in [0.15, 0.2) is 0 Å². The summed E-state index contributed by atoms with van der Waals surface area (Å²) in [4.78, 5) is 13.7. The fraction of sp³-hybridized carbons (Fsp3) is 0.364. The van der Waals surface area contributed by atoms with Gasteiger partial charge in [-0.05, 0) is 36.8 Å². The second kappa shape index (κ2) is 7.75. The van der Waals surface area contributed by atoms with E-state index in [2.05, 4.69) is 73.7 Å². The number of benzene rings is 2. The van der Waals surface area contributed by atoms with E-state index in [1.165, 1.54) is 16.9 Å². The average molecular weight is 390 g/mol. The van der Waals surface area contributed by atoms with Crippen molar-refractivity contribution in [1.29, 1.82) is 0 Å². The van der Waals surface area contributed by atoms with Crippen LogP contribution in [0.15, 0.2) is 42.7 Å². The molecule has 150 valence electrons. The maximum Gasteiger partial charge on any atom is 0.137 e. The Kier molecular flexibility index (Phi) is 4.81. The quantitative estimate of drug-likeness (QED) is 0.693. The first-order valence-electron chi connectivity index (χ1n) is 10.2. The summed E-state index contributed by atoms with van der Waals surface area (Å²) in [5.41, 5.74) is 5.80. The number of fused-ring (bicyclic) bond motifs is 2. The van der Waals surface area contributed by atoms with Crippen LogP contribution < -0.4 is 20.4 Å². The summed E-state index contributed by atoms with van der Waals surface area (Å²) in [6.07, 6.45) is 1.64. The number of morpholine rings is 1. The summed E-state index contributed by atoms with van der Waals surface area (Å²) in [5, 5.41) is 8.02. The molecular formula is C22H26N6O. The molecule has 2 aliphatic rings. The van der Waals surface area contributed by atoms with Crippen molar-refractivity contribution < 1.29 is 4.74 Å². The highest BCUT2D eigenvalue weighted by molar-refractivity contribution is 5.97. The Morgan fingerprint density at radius 2 is 2.03 bits per heavy atom. The van der Waals surface area contributed by atoms with Crippen LogP contribution in [0.5, 0.6) is 0 Å². The SMILES string of the molecule is CCN1CNc2cc3c(NCc4cccc(N5CCOCC5)c4)ncnc3cc21. The minimum atomic E-state index is 0.718. The Morgan fingerprint density at radius 3 is 2.90 bits per heavy atom. The minimum absolute atomic E-state index is 0.718. The molecule has 0 amide bonds. The molecule has 3 aromatic rings. The summed E-state index contributed by atoms with van der Waals surface area (Å²) in [7, 11) is 0. The lowest BCUT2D eigenvalue weighted by molar-refractivity contribution is 0.122. The van der Waals surface area contributed by atoms with Crippen molar-refractivity contribution in [3.63, 3.8) is 0 Å². The highest BCUT2D eigenvalue weighted by Crippen LogP contribution is 2.36. The molecule has 7 nitrogen and oxygen atoms in total. The van der Waals surface area contributed by atoms with E-state index in [0.717, 1.165) is 68.5 Å². The normalized spacial score (nSPS) is 16.0. The fourth-order valence-electron chi connectivity index (χ4n) is 4.05. The molecule has 3 heterocycles. The van der Waals surface area contributed by atoms with E-state index >= 15 is 0 Å². The lowest BCUT2D eigenvalue weighted by Gasteiger charge is -2.29. The number of hydrogen-bond acceptors (Lipinski definition) is 7. The second-order valence-electron chi connectivity index (χ2n) is 7.42. The zero-order valence-electron chi connectivity index (χ0n) is 16.7. The summed E-state index contributed by atoms with van der Waals surface area (Å²) in [5.74, 6) is 0.867. The highest BCUT2D eigenvalue weighted by Gasteiger charge is 2.19. The molecule has 0 spiro atoms. The first kappa shape index (κ1) is 18.0. The van der Waals surface area contributed by atoms with Gasteiger partial charge in [0.1, 0.15) is 12.1 Å². The van der Waals surface area contributed by atoms with Crippen LogP contribution in [0.4, 0.5) is 22.9 Å². The molecule has 0 radical (unpaired) electrons. The first-order valence-corrected chi connectivity index (χ1v) is 10.2. The third-order valence-corrected chi connectivity index (χ3v) is 5.68. The number of ether oxygens (including phenoxy) is 1. The van der Waals surface area contributed by atoms with Crippen LogP contribution in [-0.4, -0.2) is 49.5 Å². The number of nitrogens with one attached hydrogen (secondary N) is 2.